The largest absolute Gasteiger partial charge is 0.398 e. The van der Waals surface area contributed by atoms with Crippen LogP contribution in [-0.2, 0) is 0 Å². The lowest BCUT2D eigenvalue weighted by Crippen LogP contribution is -2.27. The van der Waals surface area contributed by atoms with Crippen LogP contribution in [-0.4, -0.2) is 12.5 Å². The van der Waals surface area contributed by atoms with E-state index in [1.54, 1.807) is 18.2 Å². The van der Waals surface area contributed by atoms with Gasteiger partial charge in [0.2, 0.25) is 0 Å². The van der Waals surface area contributed by atoms with E-state index in [0.29, 0.717) is 28.7 Å². The Labute approximate surface area is 119 Å². The Morgan fingerprint density at radius 2 is 1.89 bits per heavy atom. The van der Waals surface area contributed by atoms with Crippen molar-refractivity contribution in [2.45, 2.75) is 27.7 Å². The molecule has 3 N–H and O–H groups in total. The number of nitrogen functional groups attached to an aromatic ring is 1. The van der Waals surface area contributed by atoms with Crippen molar-refractivity contribution in [2.24, 2.45) is 16.7 Å². The fraction of sp³-hybridized carbons (Fsp3) is 0.533. The van der Waals surface area contributed by atoms with Crippen molar-refractivity contribution in [3.05, 3.63) is 28.8 Å². The van der Waals surface area contributed by atoms with Gasteiger partial charge in [-0.25, -0.2) is 0 Å². The van der Waals surface area contributed by atoms with Gasteiger partial charge >= 0.3 is 0 Å². The van der Waals surface area contributed by atoms with Crippen molar-refractivity contribution in [1.29, 1.82) is 0 Å². The summed E-state index contributed by atoms with van der Waals surface area (Å²) in [5, 5.41) is 3.40. The summed E-state index contributed by atoms with van der Waals surface area (Å²) in [4.78, 5) is 12.1. The van der Waals surface area contributed by atoms with Crippen LogP contribution in [0.1, 0.15) is 38.1 Å². The molecule has 1 aromatic carbocycles. The second-order valence-corrected chi connectivity index (χ2v) is 6.85. The number of rotatable bonds is 3. The molecule has 0 aromatic heterocycles. The molecule has 1 aliphatic carbocycles. The molecule has 3 nitrogen and oxygen atoms in total. The first-order chi connectivity index (χ1) is 8.68. The van der Waals surface area contributed by atoms with Gasteiger partial charge in [0.15, 0.2) is 0 Å². The number of nitrogens with one attached hydrogen (secondary N) is 1. The number of amides is 1. The van der Waals surface area contributed by atoms with Gasteiger partial charge in [0.1, 0.15) is 0 Å². The van der Waals surface area contributed by atoms with Crippen LogP contribution in [0, 0.1) is 16.7 Å². The van der Waals surface area contributed by atoms with E-state index in [1.807, 2.05) is 0 Å². The van der Waals surface area contributed by atoms with E-state index in [-0.39, 0.29) is 16.7 Å². The molecule has 4 heteroatoms. The normalized spacial score (nSPS) is 20.1. The van der Waals surface area contributed by atoms with E-state index in [9.17, 15) is 4.79 Å². The monoisotopic (exact) mass is 280 g/mol. The molecular formula is C15H21ClN2O. The minimum Gasteiger partial charge on any atom is -0.398 e. The number of carbonyl (C=O) groups is 1. The SMILES string of the molecule is CC1(C)C(CNC(=O)c2ccc(N)c(Cl)c2)C1(C)C. The Morgan fingerprint density at radius 3 is 2.37 bits per heavy atom. The molecule has 1 amide bonds. The van der Waals surface area contributed by atoms with Gasteiger partial charge in [-0.2, -0.15) is 0 Å². The number of nitrogens with two attached hydrogens (primary N) is 1. The van der Waals surface area contributed by atoms with E-state index < -0.39 is 0 Å². The van der Waals surface area contributed by atoms with Crippen LogP contribution in [0.2, 0.25) is 5.02 Å². The minimum absolute atomic E-state index is 0.0969. The van der Waals surface area contributed by atoms with Crippen LogP contribution in [0.3, 0.4) is 0 Å². The zero-order valence-electron chi connectivity index (χ0n) is 11.9. The average molecular weight is 281 g/mol. The Morgan fingerprint density at radius 1 is 1.32 bits per heavy atom. The van der Waals surface area contributed by atoms with Crippen molar-refractivity contribution in [2.75, 3.05) is 12.3 Å². The van der Waals surface area contributed by atoms with Crippen molar-refractivity contribution in [3.63, 3.8) is 0 Å². The highest BCUT2D eigenvalue weighted by atomic mass is 35.5. The lowest BCUT2D eigenvalue weighted by Gasteiger charge is -2.07. The van der Waals surface area contributed by atoms with Crippen LogP contribution in [0.25, 0.3) is 0 Å². The molecule has 0 bridgehead atoms. The van der Waals surface area contributed by atoms with E-state index in [4.69, 9.17) is 17.3 Å². The topological polar surface area (TPSA) is 55.1 Å². The van der Waals surface area contributed by atoms with Gasteiger partial charge in [-0.05, 0) is 34.9 Å². The van der Waals surface area contributed by atoms with Crippen molar-refractivity contribution in [3.8, 4) is 0 Å². The first kappa shape index (κ1) is 14.2. The fourth-order valence-electron chi connectivity index (χ4n) is 2.81. The van der Waals surface area contributed by atoms with Crippen LogP contribution >= 0.6 is 11.6 Å². The maximum Gasteiger partial charge on any atom is 0.251 e. The molecule has 19 heavy (non-hydrogen) atoms. The molecule has 2 rings (SSSR count). The smallest absolute Gasteiger partial charge is 0.251 e. The lowest BCUT2D eigenvalue weighted by atomic mass is 10.0. The summed E-state index contributed by atoms with van der Waals surface area (Å²) in [7, 11) is 0. The summed E-state index contributed by atoms with van der Waals surface area (Å²) >= 11 is 5.92. The zero-order chi connectivity index (χ0) is 14.4. The number of carbonyl (C=O) groups excluding carboxylic acids is 1. The highest BCUT2D eigenvalue weighted by Gasteiger charge is 2.64. The maximum absolute atomic E-state index is 12.1. The van der Waals surface area contributed by atoms with E-state index in [1.165, 1.54) is 0 Å². The molecule has 0 atom stereocenters. The molecule has 1 fully saturated rings. The standard InChI is InChI=1S/C15H21ClN2O/c1-14(2)12(15(14,3)4)8-18-13(19)9-5-6-11(17)10(16)7-9/h5-7,12H,8,17H2,1-4H3,(H,18,19). The summed E-state index contributed by atoms with van der Waals surface area (Å²) in [6.07, 6.45) is 0. The van der Waals surface area contributed by atoms with Crippen molar-refractivity contribution >= 4 is 23.2 Å². The summed E-state index contributed by atoms with van der Waals surface area (Å²) in [6.45, 7) is 9.66. The molecule has 0 aliphatic heterocycles. The van der Waals surface area contributed by atoms with Gasteiger partial charge in [0.25, 0.3) is 5.91 Å². The summed E-state index contributed by atoms with van der Waals surface area (Å²) in [5.41, 5.74) is 7.22. The van der Waals surface area contributed by atoms with Crippen LogP contribution in [0.4, 0.5) is 5.69 Å². The molecule has 0 saturated heterocycles. The molecule has 1 aromatic rings. The minimum atomic E-state index is -0.0969. The third kappa shape index (κ3) is 2.32. The highest BCUT2D eigenvalue weighted by Crippen LogP contribution is 2.67. The average Bonchev–Trinajstić information content (AvgIpc) is 2.70. The Bertz CT molecular complexity index is 509. The Balaban J connectivity index is 1.98. The molecule has 0 spiro atoms. The number of benzene rings is 1. The first-order valence-corrected chi connectivity index (χ1v) is 6.89. The third-order valence-electron chi connectivity index (χ3n) is 5.05. The number of hydrogen-bond donors (Lipinski definition) is 2. The Kier molecular flexibility index (Phi) is 3.29. The van der Waals surface area contributed by atoms with Crippen LogP contribution in [0.5, 0.6) is 0 Å². The molecule has 104 valence electrons. The van der Waals surface area contributed by atoms with Gasteiger partial charge in [0, 0.05) is 12.1 Å². The molecule has 0 heterocycles. The quantitative estimate of drug-likeness (QED) is 0.835. The predicted octanol–water partition coefficient (Wildman–Crippen LogP) is 3.33. The van der Waals surface area contributed by atoms with Gasteiger partial charge in [-0.3, -0.25) is 4.79 Å². The second kappa shape index (κ2) is 4.41. The summed E-state index contributed by atoms with van der Waals surface area (Å²) in [6, 6.07) is 4.96. The summed E-state index contributed by atoms with van der Waals surface area (Å²) < 4.78 is 0. The van der Waals surface area contributed by atoms with Gasteiger partial charge in [0.05, 0.1) is 10.7 Å². The third-order valence-corrected chi connectivity index (χ3v) is 5.38. The molecule has 0 unspecified atom stereocenters. The van der Waals surface area contributed by atoms with Crippen LogP contribution in [0.15, 0.2) is 18.2 Å². The number of halogens is 1. The predicted molar refractivity (Wildman–Crippen MR) is 79.2 cm³/mol. The van der Waals surface area contributed by atoms with E-state index in [2.05, 4.69) is 33.0 Å². The number of anilines is 1. The van der Waals surface area contributed by atoms with Gasteiger partial charge in [-0.1, -0.05) is 39.3 Å². The number of hydrogen-bond acceptors (Lipinski definition) is 2. The Hall–Kier alpha value is -1.22. The molecule has 1 saturated carbocycles. The zero-order valence-corrected chi connectivity index (χ0v) is 12.6. The summed E-state index contributed by atoms with van der Waals surface area (Å²) in [5.74, 6) is 0.411. The molecular weight excluding hydrogens is 260 g/mol. The van der Waals surface area contributed by atoms with Crippen LogP contribution < -0.4 is 11.1 Å². The highest BCUT2D eigenvalue weighted by molar-refractivity contribution is 6.33. The van der Waals surface area contributed by atoms with E-state index in [0.717, 1.165) is 0 Å². The van der Waals surface area contributed by atoms with E-state index >= 15 is 0 Å². The second-order valence-electron chi connectivity index (χ2n) is 6.44. The van der Waals surface area contributed by atoms with Crippen molar-refractivity contribution < 1.29 is 4.79 Å². The fourth-order valence-corrected chi connectivity index (χ4v) is 2.99. The van der Waals surface area contributed by atoms with Gasteiger partial charge in [-0.15, -0.1) is 0 Å². The maximum atomic E-state index is 12.1. The van der Waals surface area contributed by atoms with Crippen molar-refractivity contribution in [1.82, 2.24) is 5.32 Å². The molecule has 1 aliphatic rings. The van der Waals surface area contributed by atoms with Gasteiger partial charge < -0.3 is 11.1 Å². The molecule has 0 radical (unpaired) electrons. The lowest BCUT2D eigenvalue weighted by molar-refractivity contribution is 0.0950. The first-order valence-electron chi connectivity index (χ1n) is 6.51.